The maximum atomic E-state index is 13.3. The zero-order valence-electron chi connectivity index (χ0n) is 22.3. The first kappa shape index (κ1) is 25.1. The summed E-state index contributed by atoms with van der Waals surface area (Å²) < 4.78 is 3.37. The van der Waals surface area contributed by atoms with Crippen LogP contribution in [0.2, 0.25) is 0 Å². The van der Waals surface area contributed by atoms with Crippen molar-refractivity contribution in [1.29, 1.82) is 0 Å². The van der Waals surface area contributed by atoms with Crippen molar-refractivity contribution in [2.75, 3.05) is 74.5 Å². The number of hydrogen-bond donors (Lipinski definition) is 2. The van der Waals surface area contributed by atoms with E-state index in [0.29, 0.717) is 29.3 Å². The highest BCUT2D eigenvalue weighted by atomic mass is 16.1. The monoisotopic (exact) mass is 526 g/mol. The van der Waals surface area contributed by atoms with E-state index in [1.54, 1.807) is 21.6 Å². The Labute approximate surface area is 227 Å². The van der Waals surface area contributed by atoms with Crippen molar-refractivity contribution in [1.82, 2.24) is 34.5 Å². The number of benzene rings is 1. The molecule has 5 heterocycles. The molecule has 11 heteroatoms. The predicted octanol–water partition coefficient (Wildman–Crippen LogP) is 2.07. The number of piperazine rings is 2. The molecule has 1 aromatic carbocycles. The molecular formula is C28H34N10O. The van der Waals surface area contributed by atoms with E-state index in [1.165, 1.54) is 5.69 Å². The number of allylic oxidation sites excluding steroid dienone is 1. The molecule has 11 nitrogen and oxygen atoms in total. The molecule has 0 saturated carbocycles. The molecule has 0 radical (unpaired) electrons. The zero-order chi connectivity index (χ0) is 26.8. The summed E-state index contributed by atoms with van der Waals surface area (Å²) in [5.41, 5.74) is 2.40. The standard InChI is InChI=1S/C28H34N10O/c1-3-13-37-27(39)23-20-30-28(31-21-7-9-22(10-8-21)35-18-16-34(2)17-19-35)33-26(23)38(37)25-6-4-5-24(32-25)36-14-11-29-12-15-36/h3-10,20,29H,1,11-19H2,2H3,(H,30,31,33). The lowest BCUT2D eigenvalue weighted by molar-refractivity contribution is 0.313. The van der Waals surface area contributed by atoms with Crippen molar-refractivity contribution in [3.8, 4) is 5.82 Å². The second kappa shape index (κ2) is 10.9. The molecule has 2 aliphatic rings. The molecule has 202 valence electrons. The first-order valence-corrected chi connectivity index (χ1v) is 13.4. The third-order valence-corrected chi connectivity index (χ3v) is 7.35. The Bertz CT molecular complexity index is 1510. The molecule has 4 aromatic rings. The van der Waals surface area contributed by atoms with Crippen LogP contribution in [0.3, 0.4) is 0 Å². The topological polar surface area (TPSA) is 99.4 Å². The summed E-state index contributed by atoms with van der Waals surface area (Å²) in [5.74, 6) is 1.92. The molecule has 2 saturated heterocycles. The fraction of sp³-hybridized carbons (Fsp3) is 0.357. The van der Waals surface area contributed by atoms with Crippen LogP contribution in [0, 0.1) is 0 Å². The predicted molar refractivity (Wildman–Crippen MR) is 156 cm³/mol. The van der Waals surface area contributed by atoms with Gasteiger partial charge in [0.15, 0.2) is 11.5 Å². The summed E-state index contributed by atoms with van der Waals surface area (Å²) >= 11 is 0. The van der Waals surface area contributed by atoms with E-state index in [2.05, 4.69) is 56.1 Å². The Morgan fingerprint density at radius 1 is 0.949 bits per heavy atom. The minimum absolute atomic E-state index is 0.178. The van der Waals surface area contributed by atoms with Crippen molar-refractivity contribution in [3.63, 3.8) is 0 Å². The Morgan fingerprint density at radius 3 is 2.44 bits per heavy atom. The highest BCUT2D eigenvalue weighted by Crippen LogP contribution is 2.23. The van der Waals surface area contributed by atoms with Gasteiger partial charge in [-0.2, -0.15) is 4.98 Å². The molecule has 0 aliphatic carbocycles. The van der Waals surface area contributed by atoms with Gasteiger partial charge in [-0.15, -0.1) is 6.58 Å². The van der Waals surface area contributed by atoms with E-state index in [1.807, 2.05) is 30.3 Å². The van der Waals surface area contributed by atoms with Crippen LogP contribution < -0.4 is 26.0 Å². The Kier molecular flexibility index (Phi) is 6.99. The van der Waals surface area contributed by atoms with Gasteiger partial charge in [0.25, 0.3) is 5.56 Å². The molecule has 3 aromatic heterocycles. The van der Waals surface area contributed by atoms with Gasteiger partial charge in [-0.1, -0.05) is 12.1 Å². The van der Waals surface area contributed by atoms with Crippen LogP contribution >= 0.6 is 0 Å². The van der Waals surface area contributed by atoms with Gasteiger partial charge in [-0.25, -0.2) is 19.3 Å². The van der Waals surface area contributed by atoms with Gasteiger partial charge in [-0.3, -0.25) is 4.79 Å². The van der Waals surface area contributed by atoms with Crippen LogP contribution in [0.15, 0.2) is 66.1 Å². The number of fused-ring (bicyclic) bond motifs is 1. The van der Waals surface area contributed by atoms with Crippen LogP contribution in [0.5, 0.6) is 0 Å². The molecule has 2 N–H and O–H groups in total. The van der Waals surface area contributed by atoms with Gasteiger partial charge in [0, 0.05) is 69.9 Å². The molecule has 39 heavy (non-hydrogen) atoms. The fourth-order valence-electron chi connectivity index (χ4n) is 5.16. The lowest BCUT2D eigenvalue weighted by atomic mass is 10.2. The molecule has 0 spiro atoms. The van der Waals surface area contributed by atoms with Crippen molar-refractivity contribution in [3.05, 3.63) is 71.7 Å². The van der Waals surface area contributed by atoms with Crippen molar-refractivity contribution >= 4 is 34.2 Å². The Hall–Kier alpha value is -4.22. The van der Waals surface area contributed by atoms with Gasteiger partial charge in [-0.05, 0) is 43.4 Å². The van der Waals surface area contributed by atoms with Crippen LogP contribution in [0.4, 0.5) is 23.1 Å². The van der Waals surface area contributed by atoms with Gasteiger partial charge >= 0.3 is 0 Å². The van der Waals surface area contributed by atoms with Crippen molar-refractivity contribution in [2.45, 2.75) is 6.54 Å². The Balaban J connectivity index is 1.32. The van der Waals surface area contributed by atoms with E-state index in [4.69, 9.17) is 9.97 Å². The number of likely N-dealkylation sites (N-methyl/N-ethyl adjacent to an activating group) is 1. The number of nitrogens with zero attached hydrogens (tertiary/aromatic N) is 8. The number of hydrogen-bond acceptors (Lipinski definition) is 9. The maximum absolute atomic E-state index is 13.3. The average molecular weight is 527 g/mol. The molecule has 2 aliphatic heterocycles. The molecule has 0 atom stereocenters. The average Bonchev–Trinajstić information content (AvgIpc) is 3.25. The number of rotatable bonds is 7. The van der Waals surface area contributed by atoms with Crippen molar-refractivity contribution in [2.24, 2.45) is 0 Å². The van der Waals surface area contributed by atoms with Crippen LogP contribution in [-0.2, 0) is 6.54 Å². The summed E-state index contributed by atoms with van der Waals surface area (Å²) in [6, 6.07) is 14.2. The summed E-state index contributed by atoms with van der Waals surface area (Å²) in [5, 5.41) is 7.11. The third-order valence-electron chi connectivity index (χ3n) is 7.35. The fourth-order valence-corrected chi connectivity index (χ4v) is 5.16. The molecule has 2 fully saturated rings. The van der Waals surface area contributed by atoms with E-state index in [-0.39, 0.29) is 5.56 Å². The van der Waals surface area contributed by atoms with Gasteiger partial charge in [0.1, 0.15) is 11.2 Å². The highest BCUT2D eigenvalue weighted by molar-refractivity contribution is 5.77. The van der Waals surface area contributed by atoms with E-state index in [0.717, 1.165) is 63.9 Å². The van der Waals surface area contributed by atoms with Crippen LogP contribution in [0.25, 0.3) is 16.9 Å². The second-order valence-corrected chi connectivity index (χ2v) is 9.97. The zero-order valence-corrected chi connectivity index (χ0v) is 22.3. The number of pyridine rings is 1. The molecule has 0 amide bonds. The van der Waals surface area contributed by atoms with E-state index >= 15 is 0 Å². The summed E-state index contributed by atoms with van der Waals surface area (Å²) in [4.78, 5) is 34.5. The normalized spacial score (nSPS) is 16.5. The summed E-state index contributed by atoms with van der Waals surface area (Å²) in [6.07, 6.45) is 3.29. The van der Waals surface area contributed by atoms with Gasteiger partial charge in [0.05, 0.1) is 6.54 Å². The smallest absolute Gasteiger partial charge is 0.278 e. The lowest BCUT2D eigenvalue weighted by Crippen LogP contribution is -2.44. The molecule has 0 unspecified atom stereocenters. The second-order valence-electron chi connectivity index (χ2n) is 9.97. The van der Waals surface area contributed by atoms with Crippen molar-refractivity contribution < 1.29 is 0 Å². The number of anilines is 4. The molecule has 6 rings (SSSR count). The highest BCUT2D eigenvalue weighted by Gasteiger charge is 2.20. The van der Waals surface area contributed by atoms with Gasteiger partial charge < -0.3 is 25.3 Å². The first-order chi connectivity index (χ1) is 19.1. The first-order valence-electron chi connectivity index (χ1n) is 13.4. The van der Waals surface area contributed by atoms with Crippen LogP contribution in [0.1, 0.15) is 0 Å². The summed E-state index contributed by atoms with van der Waals surface area (Å²) in [7, 11) is 2.16. The quantitative estimate of drug-likeness (QED) is 0.351. The number of nitrogens with one attached hydrogen (secondary N) is 2. The minimum Gasteiger partial charge on any atom is -0.369 e. The lowest BCUT2D eigenvalue weighted by Gasteiger charge is -2.34. The maximum Gasteiger partial charge on any atom is 0.278 e. The molecule has 0 bridgehead atoms. The third kappa shape index (κ3) is 5.10. The van der Waals surface area contributed by atoms with Crippen LogP contribution in [-0.4, -0.2) is 88.6 Å². The van der Waals surface area contributed by atoms with E-state index in [9.17, 15) is 4.79 Å². The Morgan fingerprint density at radius 2 is 1.69 bits per heavy atom. The number of aromatic nitrogens is 5. The largest absolute Gasteiger partial charge is 0.369 e. The van der Waals surface area contributed by atoms with E-state index < -0.39 is 0 Å². The SMILES string of the molecule is C=CCn1c(=O)c2cnc(Nc3ccc(N4CCN(C)CC4)cc3)nc2n1-c1cccc(N2CCNCC2)n1. The molecular weight excluding hydrogens is 492 g/mol. The summed E-state index contributed by atoms with van der Waals surface area (Å²) in [6.45, 7) is 11.9. The van der Waals surface area contributed by atoms with Gasteiger partial charge in [0.2, 0.25) is 5.95 Å². The minimum atomic E-state index is -0.178.